The van der Waals surface area contributed by atoms with E-state index in [4.69, 9.17) is 0 Å². The number of aromatic nitrogens is 1. The molecule has 0 bridgehead atoms. The van der Waals surface area contributed by atoms with Crippen LogP contribution in [0.4, 0.5) is 0 Å². The number of hydrogen-bond acceptors (Lipinski definition) is 2. The smallest absolute Gasteiger partial charge is 0.335 e. The zero-order chi connectivity index (χ0) is 18.0. The molecule has 1 aliphatic rings. The van der Waals surface area contributed by atoms with Crippen LogP contribution >= 0.6 is 0 Å². The summed E-state index contributed by atoms with van der Waals surface area (Å²) in [5.74, 6) is -0.683. The Hall–Kier alpha value is -2.56. The molecule has 5 heteroatoms. The molecule has 1 aliphatic heterocycles. The quantitative estimate of drug-likeness (QED) is 0.921. The van der Waals surface area contributed by atoms with Gasteiger partial charge >= 0.3 is 5.97 Å². The van der Waals surface area contributed by atoms with E-state index in [2.05, 4.69) is 13.8 Å². The van der Waals surface area contributed by atoms with Crippen molar-refractivity contribution in [1.82, 2.24) is 9.47 Å². The van der Waals surface area contributed by atoms with Crippen molar-refractivity contribution in [2.45, 2.75) is 38.6 Å². The predicted molar refractivity (Wildman–Crippen MR) is 96.1 cm³/mol. The molecule has 1 fully saturated rings. The molecule has 5 nitrogen and oxygen atoms in total. The van der Waals surface area contributed by atoms with Gasteiger partial charge in [0, 0.05) is 31.2 Å². The van der Waals surface area contributed by atoms with Crippen molar-refractivity contribution >= 4 is 11.9 Å². The van der Waals surface area contributed by atoms with Gasteiger partial charge in [-0.25, -0.2) is 4.79 Å². The predicted octanol–water partition coefficient (Wildman–Crippen LogP) is 3.79. The Kier molecular flexibility index (Phi) is 4.93. The van der Waals surface area contributed by atoms with Gasteiger partial charge in [-0.2, -0.15) is 0 Å². The van der Waals surface area contributed by atoms with Gasteiger partial charge in [0.1, 0.15) is 5.69 Å². The fourth-order valence-corrected chi connectivity index (χ4v) is 3.55. The van der Waals surface area contributed by atoms with Gasteiger partial charge in [-0.1, -0.05) is 12.1 Å². The van der Waals surface area contributed by atoms with Crippen LogP contribution in [-0.2, 0) is 0 Å². The second-order valence-corrected chi connectivity index (χ2v) is 6.92. The van der Waals surface area contributed by atoms with Crippen molar-refractivity contribution in [1.29, 1.82) is 0 Å². The number of rotatable bonds is 4. The number of aromatic carboxylic acids is 1. The highest BCUT2D eigenvalue weighted by Crippen LogP contribution is 2.28. The lowest BCUT2D eigenvalue weighted by molar-refractivity contribution is 0.0682. The first-order valence-corrected chi connectivity index (χ1v) is 8.76. The standard InChI is InChI=1S/C20H24N2O3/c1-14(2)22-11-5-9-18(22)19(23)21-10-4-8-17(13-21)15-6-3-7-16(12-15)20(24)25/h3,5-7,9,11-12,14,17H,4,8,10,13H2,1-2H3,(H,24,25)/t17-/m1/s1. The Morgan fingerprint density at radius 2 is 2.00 bits per heavy atom. The Morgan fingerprint density at radius 1 is 1.20 bits per heavy atom. The first-order valence-electron chi connectivity index (χ1n) is 8.76. The number of amides is 1. The number of carboxylic acid groups (broad SMARTS) is 1. The van der Waals surface area contributed by atoms with Gasteiger partial charge in [0.25, 0.3) is 5.91 Å². The molecule has 0 unspecified atom stereocenters. The molecule has 132 valence electrons. The minimum Gasteiger partial charge on any atom is -0.478 e. The van der Waals surface area contributed by atoms with Crippen molar-refractivity contribution in [2.75, 3.05) is 13.1 Å². The van der Waals surface area contributed by atoms with Crippen LogP contribution < -0.4 is 0 Å². The van der Waals surface area contributed by atoms with Crippen LogP contribution in [0.5, 0.6) is 0 Å². The minimum atomic E-state index is -0.916. The third-order valence-corrected chi connectivity index (χ3v) is 4.87. The monoisotopic (exact) mass is 340 g/mol. The van der Waals surface area contributed by atoms with Crippen LogP contribution in [0.25, 0.3) is 0 Å². The van der Waals surface area contributed by atoms with E-state index in [1.807, 2.05) is 33.9 Å². The van der Waals surface area contributed by atoms with Crippen LogP contribution in [0.3, 0.4) is 0 Å². The van der Waals surface area contributed by atoms with Crippen molar-refractivity contribution in [3.63, 3.8) is 0 Å². The lowest BCUT2D eigenvalue weighted by Gasteiger charge is -2.33. The minimum absolute atomic E-state index is 0.0535. The number of carboxylic acids is 1. The largest absolute Gasteiger partial charge is 0.478 e. The first-order chi connectivity index (χ1) is 12.0. The van der Waals surface area contributed by atoms with E-state index < -0.39 is 5.97 Å². The normalized spacial score (nSPS) is 17.7. The van der Waals surface area contributed by atoms with E-state index in [9.17, 15) is 14.7 Å². The summed E-state index contributed by atoms with van der Waals surface area (Å²) in [5, 5.41) is 9.19. The highest BCUT2D eigenvalue weighted by molar-refractivity contribution is 5.93. The summed E-state index contributed by atoms with van der Waals surface area (Å²) < 4.78 is 2.00. The summed E-state index contributed by atoms with van der Waals surface area (Å²) in [6.45, 7) is 5.50. The van der Waals surface area contributed by atoms with Crippen LogP contribution in [0.2, 0.25) is 0 Å². The average molecular weight is 340 g/mol. The lowest BCUT2D eigenvalue weighted by atomic mass is 9.89. The molecule has 25 heavy (non-hydrogen) atoms. The molecule has 2 aromatic rings. The van der Waals surface area contributed by atoms with E-state index in [0.29, 0.717) is 12.1 Å². The van der Waals surface area contributed by atoms with Gasteiger partial charge in [-0.05, 0) is 56.5 Å². The maximum atomic E-state index is 12.9. The number of likely N-dealkylation sites (tertiary alicyclic amines) is 1. The van der Waals surface area contributed by atoms with Crippen molar-refractivity contribution in [3.8, 4) is 0 Å². The van der Waals surface area contributed by atoms with Crippen LogP contribution in [0.1, 0.15) is 65.1 Å². The summed E-state index contributed by atoms with van der Waals surface area (Å²) in [4.78, 5) is 26.0. The maximum Gasteiger partial charge on any atom is 0.335 e. The first kappa shape index (κ1) is 17.3. The second-order valence-electron chi connectivity index (χ2n) is 6.92. The third kappa shape index (κ3) is 3.60. The van der Waals surface area contributed by atoms with Crippen molar-refractivity contribution in [3.05, 3.63) is 59.4 Å². The molecule has 0 aliphatic carbocycles. The summed E-state index contributed by atoms with van der Waals surface area (Å²) in [7, 11) is 0. The van der Waals surface area contributed by atoms with Gasteiger partial charge in [-0.15, -0.1) is 0 Å². The number of piperidine rings is 1. The van der Waals surface area contributed by atoms with E-state index >= 15 is 0 Å². The molecule has 2 heterocycles. The molecular formula is C20H24N2O3. The van der Waals surface area contributed by atoms with Crippen molar-refractivity contribution in [2.24, 2.45) is 0 Å². The third-order valence-electron chi connectivity index (χ3n) is 4.87. The van der Waals surface area contributed by atoms with E-state index in [1.54, 1.807) is 18.2 Å². The fraction of sp³-hybridized carbons (Fsp3) is 0.400. The molecule has 3 rings (SSSR count). The molecule has 0 radical (unpaired) electrons. The Bertz CT molecular complexity index is 779. The number of carbonyl (C=O) groups is 2. The zero-order valence-corrected chi connectivity index (χ0v) is 14.7. The van der Waals surface area contributed by atoms with E-state index in [-0.39, 0.29) is 17.9 Å². The SMILES string of the molecule is CC(C)n1cccc1C(=O)N1CCC[C@@H](c2cccc(C(=O)O)c2)C1. The Morgan fingerprint density at radius 3 is 2.72 bits per heavy atom. The molecule has 1 atom stereocenters. The zero-order valence-electron chi connectivity index (χ0n) is 14.7. The molecule has 0 saturated carbocycles. The van der Waals surface area contributed by atoms with E-state index in [0.717, 1.165) is 30.6 Å². The van der Waals surface area contributed by atoms with Crippen LogP contribution in [-0.4, -0.2) is 39.5 Å². The molecule has 1 aromatic heterocycles. The molecular weight excluding hydrogens is 316 g/mol. The number of benzene rings is 1. The van der Waals surface area contributed by atoms with Gasteiger partial charge in [0.2, 0.25) is 0 Å². The van der Waals surface area contributed by atoms with E-state index in [1.165, 1.54) is 0 Å². The fourth-order valence-electron chi connectivity index (χ4n) is 3.55. The topological polar surface area (TPSA) is 62.5 Å². The van der Waals surface area contributed by atoms with Gasteiger partial charge < -0.3 is 14.6 Å². The van der Waals surface area contributed by atoms with Crippen LogP contribution in [0.15, 0.2) is 42.6 Å². The second kappa shape index (κ2) is 7.13. The number of carbonyl (C=O) groups excluding carboxylic acids is 1. The lowest BCUT2D eigenvalue weighted by Crippen LogP contribution is -2.40. The maximum absolute atomic E-state index is 12.9. The summed E-state index contributed by atoms with van der Waals surface area (Å²) in [5.41, 5.74) is 2.02. The summed E-state index contributed by atoms with van der Waals surface area (Å²) >= 11 is 0. The Labute approximate surface area is 147 Å². The highest BCUT2D eigenvalue weighted by atomic mass is 16.4. The molecule has 1 aromatic carbocycles. The molecule has 1 amide bonds. The molecule has 1 N–H and O–H groups in total. The molecule has 1 saturated heterocycles. The van der Waals surface area contributed by atoms with Crippen molar-refractivity contribution < 1.29 is 14.7 Å². The number of nitrogens with zero attached hydrogens (tertiary/aromatic N) is 2. The Balaban J connectivity index is 1.79. The van der Waals surface area contributed by atoms with Gasteiger partial charge in [0.15, 0.2) is 0 Å². The average Bonchev–Trinajstić information content (AvgIpc) is 3.11. The number of hydrogen-bond donors (Lipinski definition) is 1. The van der Waals surface area contributed by atoms with Crippen LogP contribution in [0, 0.1) is 0 Å². The van der Waals surface area contributed by atoms with Gasteiger partial charge in [0.05, 0.1) is 5.56 Å². The molecule has 0 spiro atoms. The summed E-state index contributed by atoms with van der Waals surface area (Å²) in [6.07, 6.45) is 3.84. The highest BCUT2D eigenvalue weighted by Gasteiger charge is 2.27. The summed E-state index contributed by atoms with van der Waals surface area (Å²) in [6, 6.07) is 11.1. The van der Waals surface area contributed by atoms with Gasteiger partial charge in [-0.3, -0.25) is 4.79 Å².